The Labute approximate surface area is 194 Å². The zero-order valence-corrected chi connectivity index (χ0v) is 19.2. The fraction of sp³-hybridized carbons (Fsp3) is 0.542. The van der Waals surface area contributed by atoms with Crippen molar-refractivity contribution in [1.82, 2.24) is 19.5 Å². The van der Waals surface area contributed by atoms with Gasteiger partial charge in [0.2, 0.25) is 5.95 Å². The van der Waals surface area contributed by atoms with Crippen LogP contribution in [0.25, 0.3) is 11.2 Å². The molecule has 1 aliphatic heterocycles. The summed E-state index contributed by atoms with van der Waals surface area (Å²) < 4.78 is 7.70. The van der Waals surface area contributed by atoms with Crippen LogP contribution in [0.2, 0.25) is 0 Å². The molecule has 0 amide bonds. The monoisotopic (exact) mass is 450 g/mol. The number of fused-ring (bicyclic) bond motifs is 1. The van der Waals surface area contributed by atoms with E-state index in [4.69, 9.17) is 25.4 Å². The van der Waals surface area contributed by atoms with Gasteiger partial charge in [-0.3, -0.25) is 0 Å². The topological polar surface area (TPSA) is 106 Å². The molecule has 9 heteroatoms. The highest BCUT2D eigenvalue weighted by atomic mass is 16.5. The van der Waals surface area contributed by atoms with Gasteiger partial charge in [-0.25, -0.2) is 4.98 Å². The predicted octanol–water partition coefficient (Wildman–Crippen LogP) is 3.67. The predicted molar refractivity (Wildman–Crippen MR) is 132 cm³/mol. The van der Waals surface area contributed by atoms with Crippen molar-refractivity contribution in [2.24, 2.45) is 5.73 Å². The van der Waals surface area contributed by atoms with Gasteiger partial charge in [0.15, 0.2) is 17.0 Å². The molecule has 3 aromatic rings. The zero-order chi connectivity index (χ0) is 22.5. The largest absolute Gasteiger partial charge is 0.378 e. The molecule has 1 saturated carbocycles. The molecule has 0 spiro atoms. The molecule has 5 rings (SSSR count). The van der Waals surface area contributed by atoms with Gasteiger partial charge in [-0.1, -0.05) is 12.8 Å². The number of unbranched alkanes of at least 4 members (excludes halogenated alkanes) is 1. The molecular formula is C24H34N8O. The quantitative estimate of drug-likeness (QED) is 0.424. The molecule has 0 atom stereocenters. The van der Waals surface area contributed by atoms with E-state index in [2.05, 4.69) is 44.4 Å². The number of imidazole rings is 1. The minimum atomic E-state index is 0.468. The van der Waals surface area contributed by atoms with Crippen LogP contribution in [-0.2, 0) is 4.74 Å². The van der Waals surface area contributed by atoms with E-state index in [9.17, 15) is 0 Å². The maximum Gasteiger partial charge on any atom is 0.226 e. The first kappa shape index (κ1) is 21.9. The molecule has 1 saturated heterocycles. The number of ether oxygens (including phenoxy) is 1. The van der Waals surface area contributed by atoms with Crippen LogP contribution in [0, 0.1) is 0 Å². The van der Waals surface area contributed by atoms with Crippen LogP contribution >= 0.6 is 0 Å². The lowest BCUT2D eigenvalue weighted by atomic mass is 10.2. The Hall–Kier alpha value is -2.91. The number of rotatable bonds is 9. The van der Waals surface area contributed by atoms with E-state index in [1.54, 1.807) is 0 Å². The number of nitrogens with two attached hydrogens (primary N) is 1. The highest BCUT2D eigenvalue weighted by Crippen LogP contribution is 2.33. The van der Waals surface area contributed by atoms with Crippen LogP contribution in [0.15, 0.2) is 30.6 Å². The lowest BCUT2D eigenvalue weighted by Gasteiger charge is -2.28. The molecule has 4 N–H and O–H groups in total. The Morgan fingerprint density at radius 1 is 1.03 bits per heavy atom. The summed E-state index contributed by atoms with van der Waals surface area (Å²) in [5.41, 5.74) is 9.54. The normalized spacial score (nSPS) is 17.1. The third-order valence-electron chi connectivity index (χ3n) is 6.56. The van der Waals surface area contributed by atoms with Gasteiger partial charge in [0, 0.05) is 37.1 Å². The van der Waals surface area contributed by atoms with Crippen LogP contribution in [0.5, 0.6) is 0 Å². The maximum absolute atomic E-state index is 5.64. The first-order valence-corrected chi connectivity index (χ1v) is 12.2. The van der Waals surface area contributed by atoms with Crippen LogP contribution in [-0.4, -0.2) is 58.9 Å². The molecule has 9 nitrogen and oxygen atoms in total. The van der Waals surface area contributed by atoms with Crippen molar-refractivity contribution in [1.29, 1.82) is 0 Å². The summed E-state index contributed by atoms with van der Waals surface area (Å²) in [6, 6.07) is 8.96. The van der Waals surface area contributed by atoms with Crippen molar-refractivity contribution < 1.29 is 4.74 Å². The standard InChI is InChI=1S/C24H34N8O/c25-11-3-4-12-26-24-29-22(21-23(30-24)32(17-27-21)20-5-1-2-6-20)28-18-7-9-19(10-8-18)31-13-15-33-16-14-31/h7-10,17,20H,1-6,11-16,25H2,(H2,26,28,29,30). The number of benzene rings is 1. The molecule has 176 valence electrons. The van der Waals surface area contributed by atoms with Crippen molar-refractivity contribution in [3.8, 4) is 0 Å². The summed E-state index contributed by atoms with van der Waals surface area (Å²) in [6.45, 7) is 4.92. The average Bonchev–Trinajstić information content (AvgIpc) is 3.53. The number of morpholine rings is 1. The molecule has 0 radical (unpaired) electrons. The Balaban J connectivity index is 1.40. The number of anilines is 4. The molecule has 1 aromatic carbocycles. The Bertz CT molecular complexity index is 1040. The number of nitrogens with one attached hydrogen (secondary N) is 2. The molecule has 2 aliphatic rings. The molecule has 2 aromatic heterocycles. The van der Waals surface area contributed by atoms with Crippen LogP contribution < -0.4 is 21.3 Å². The first-order chi connectivity index (χ1) is 16.3. The van der Waals surface area contributed by atoms with E-state index < -0.39 is 0 Å². The molecular weight excluding hydrogens is 416 g/mol. The van der Waals surface area contributed by atoms with Crippen LogP contribution in [0.1, 0.15) is 44.6 Å². The Kier molecular flexibility index (Phi) is 6.87. The van der Waals surface area contributed by atoms with E-state index >= 15 is 0 Å². The van der Waals surface area contributed by atoms with E-state index in [0.717, 1.165) is 68.4 Å². The third-order valence-corrected chi connectivity index (χ3v) is 6.56. The highest BCUT2D eigenvalue weighted by molar-refractivity contribution is 5.86. The lowest BCUT2D eigenvalue weighted by Crippen LogP contribution is -2.36. The highest BCUT2D eigenvalue weighted by Gasteiger charge is 2.22. The summed E-state index contributed by atoms with van der Waals surface area (Å²) in [4.78, 5) is 16.7. The van der Waals surface area contributed by atoms with Gasteiger partial charge >= 0.3 is 0 Å². The lowest BCUT2D eigenvalue weighted by molar-refractivity contribution is 0.122. The van der Waals surface area contributed by atoms with E-state index in [1.165, 1.54) is 31.4 Å². The fourth-order valence-corrected chi connectivity index (χ4v) is 4.72. The summed E-state index contributed by atoms with van der Waals surface area (Å²) in [5.74, 6) is 1.36. The maximum atomic E-state index is 5.64. The second-order valence-electron chi connectivity index (χ2n) is 8.85. The van der Waals surface area contributed by atoms with Crippen molar-refractivity contribution in [3.05, 3.63) is 30.6 Å². The summed E-state index contributed by atoms with van der Waals surface area (Å²) in [6.07, 6.45) is 8.79. The van der Waals surface area contributed by atoms with E-state index in [-0.39, 0.29) is 0 Å². The second kappa shape index (κ2) is 10.4. The van der Waals surface area contributed by atoms with Gasteiger partial charge < -0.3 is 30.6 Å². The minimum absolute atomic E-state index is 0.468. The number of aromatic nitrogens is 4. The summed E-state index contributed by atoms with van der Waals surface area (Å²) in [5, 5.41) is 6.87. The van der Waals surface area contributed by atoms with Gasteiger partial charge in [0.25, 0.3) is 0 Å². The first-order valence-electron chi connectivity index (χ1n) is 12.2. The van der Waals surface area contributed by atoms with Crippen LogP contribution in [0.3, 0.4) is 0 Å². The zero-order valence-electron chi connectivity index (χ0n) is 19.2. The number of nitrogens with zero attached hydrogens (tertiary/aromatic N) is 5. The van der Waals surface area contributed by atoms with Gasteiger partial charge in [-0.15, -0.1) is 0 Å². The molecule has 33 heavy (non-hydrogen) atoms. The number of hydrogen-bond acceptors (Lipinski definition) is 8. The molecule has 0 unspecified atom stereocenters. The Morgan fingerprint density at radius 3 is 2.58 bits per heavy atom. The smallest absolute Gasteiger partial charge is 0.226 e. The molecule has 3 heterocycles. The van der Waals surface area contributed by atoms with Gasteiger partial charge in [0.05, 0.1) is 19.5 Å². The molecule has 0 bridgehead atoms. The summed E-state index contributed by atoms with van der Waals surface area (Å²) >= 11 is 0. The van der Waals surface area contributed by atoms with Gasteiger partial charge in [-0.05, 0) is 56.5 Å². The van der Waals surface area contributed by atoms with Crippen molar-refractivity contribution in [3.63, 3.8) is 0 Å². The SMILES string of the molecule is NCCCCNc1nc(Nc2ccc(N3CCOCC3)cc2)c2ncn(C3CCCC3)c2n1. The van der Waals surface area contributed by atoms with Crippen molar-refractivity contribution in [2.75, 3.05) is 54.9 Å². The van der Waals surface area contributed by atoms with E-state index in [0.29, 0.717) is 18.5 Å². The fourth-order valence-electron chi connectivity index (χ4n) is 4.72. The molecule has 2 fully saturated rings. The van der Waals surface area contributed by atoms with Gasteiger partial charge in [-0.2, -0.15) is 9.97 Å². The van der Waals surface area contributed by atoms with Crippen molar-refractivity contribution >= 4 is 34.3 Å². The average molecular weight is 451 g/mol. The summed E-state index contributed by atoms with van der Waals surface area (Å²) in [7, 11) is 0. The second-order valence-corrected chi connectivity index (χ2v) is 8.85. The van der Waals surface area contributed by atoms with Crippen molar-refractivity contribution in [2.45, 2.75) is 44.6 Å². The van der Waals surface area contributed by atoms with E-state index in [1.807, 2.05) is 6.33 Å². The minimum Gasteiger partial charge on any atom is -0.378 e. The van der Waals surface area contributed by atoms with Crippen LogP contribution in [0.4, 0.5) is 23.1 Å². The van der Waals surface area contributed by atoms with Gasteiger partial charge in [0.1, 0.15) is 0 Å². The number of hydrogen-bond donors (Lipinski definition) is 3. The third kappa shape index (κ3) is 5.04. The Morgan fingerprint density at radius 2 is 1.82 bits per heavy atom. The molecule has 1 aliphatic carbocycles.